The first-order valence-corrected chi connectivity index (χ1v) is 13.3. The van der Waals surface area contributed by atoms with Gasteiger partial charge in [0.25, 0.3) is 8.32 Å². The van der Waals surface area contributed by atoms with Crippen molar-refractivity contribution in [2.24, 2.45) is 23.7 Å². The van der Waals surface area contributed by atoms with Crippen molar-refractivity contribution in [1.29, 1.82) is 0 Å². The van der Waals surface area contributed by atoms with Gasteiger partial charge >= 0.3 is 0 Å². The lowest BCUT2D eigenvalue weighted by molar-refractivity contribution is 0.0618. The highest BCUT2D eigenvalue weighted by Crippen LogP contribution is 2.46. The summed E-state index contributed by atoms with van der Waals surface area (Å²) in [5.74, 6) is -0.0460. The Morgan fingerprint density at radius 3 is 1.77 bits per heavy atom. The summed E-state index contributed by atoms with van der Waals surface area (Å²) in [6.07, 6.45) is 0.692. The summed E-state index contributed by atoms with van der Waals surface area (Å²) in [7, 11) is -2.69. The van der Waals surface area contributed by atoms with E-state index >= 15 is 0 Å². The number of hydrogen-bond donors (Lipinski definition) is 3. The molecule has 2 aromatic carbocycles. The zero-order valence-corrected chi connectivity index (χ0v) is 20.2. The van der Waals surface area contributed by atoms with Gasteiger partial charge in [0.05, 0.1) is 0 Å². The lowest BCUT2D eigenvalue weighted by atomic mass is 9.82. The standard InChI is InChI=1S/C26H38O4Si/c1-19-24(18-29)23(20(16-27)17-28)15-25(19)30-31(26(2,3)4,21-11-7-5-8-12-21)22-13-9-6-10-14-22/h5-14,19-20,23-25,27-29H,15-18H2,1-4H3/t19-,23-,24-,25+/m0/s1. The number of aliphatic hydroxyl groups excluding tert-OH is 3. The van der Waals surface area contributed by atoms with Gasteiger partial charge in [-0.15, -0.1) is 0 Å². The molecule has 3 N–H and O–H groups in total. The predicted molar refractivity (Wildman–Crippen MR) is 128 cm³/mol. The fourth-order valence-corrected chi connectivity index (χ4v) is 10.3. The second kappa shape index (κ2) is 9.97. The molecule has 1 aliphatic rings. The Morgan fingerprint density at radius 2 is 1.39 bits per heavy atom. The molecule has 1 saturated carbocycles. The minimum atomic E-state index is -2.69. The van der Waals surface area contributed by atoms with E-state index in [1.54, 1.807) is 0 Å². The summed E-state index contributed by atoms with van der Waals surface area (Å²) in [5.41, 5.74) is 0. The number of hydrogen-bond acceptors (Lipinski definition) is 4. The number of rotatable bonds is 8. The highest BCUT2D eigenvalue weighted by atomic mass is 28.4. The maximum Gasteiger partial charge on any atom is 0.261 e. The molecule has 2 aromatic rings. The molecular weight excluding hydrogens is 404 g/mol. The molecule has 4 atom stereocenters. The summed E-state index contributed by atoms with van der Waals surface area (Å²) in [5, 5.41) is 32.1. The number of aliphatic hydroxyl groups is 3. The molecule has 0 amide bonds. The van der Waals surface area contributed by atoms with Gasteiger partial charge in [0.2, 0.25) is 0 Å². The first-order valence-electron chi connectivity index (χ1n) is 11.4. The third kappa shape index (κ3) is 4.52. The molecule has 0 radical (unpaired) electrons. The molecule has 3 rings (SSSR count). The molecule has 0 spiro atoms. The maximum absolute atomic E-state index is 10.1. The fraction of sp³-hybridized carbons (Fsp3) is 0.538. The van der Waals surface area contributed by atoms with Crippen molar-refractivity contribution in [3.05, 3.63) is 60.7 Å². The van der Waals surface area contributed by atoms with Gasteiger partial charge in [0.15, 0.2) is 0 Å². The molecular formula is C26H38O4Si. The van der Waals surface area contributed by atoms with Crippen LogP contribution in [0.1, 0.15) is 34.1 Å². The molecule has 170 valence electrons. The third-order valence-corrected chi connectivity index (χ3v) is 12.4. The Bertz CT molecular complexity index is 762. The van der Waals surface area contributed by atoms with Crippen LogP contribution in [-0.4, -0.2) is 49.6 Å². The number of benzene rings is 2. The highest BCUT2D eigenvalue weighted by Gasteiger charge is 2.54. The first-order chi connectivity index (χ1) is 14.8. The monoisotopic (exact) mass is 442 g/mol. The molecule has 0 bridgehead atoms. The smallest absolute Gasteiger partial charge is 0.261 e. The molecule has 31 heavy (non-hydrogen) atoms. The van der Waals surface area contributed by atoms with Crippen LogP contribution < -0.4 is 10.4 Å². The zero-order valence-electron chi connectivity index (χ0n) is 19.2. The average Bonchev–Trinajstić information content (AvgIpc) is 3.08. The van der Waals surface area contributed by atoms with Gasteiger partial charge in [-0.05, 0) is 39.6 Å². The van der Waals surface area contributed by atoms with Crippen LogP contribution in [0.4, 0.5) is 0 Å². The van der Waals surface area contributed by atoms with Gasteiger partial charge in [-0.2, -0.15) is 0 Å². The summed E-state index contributed by atoms with van der Waals surface area (Å²) in [4.78, 5) is 0. The lowest BCUT2D eigenvalue weighted by Crippen LogP contribution is -2.68. The van der Waals surface area contributed by atoms with Crippen LogP contribution >= 0.6 is 0 Å². The van der Waals surface area contributed by atoms with Crippen molar-refractivity contribution >= 4 is 18.7 Å². The molecule has 0 unspecified atom stereocenters. The van der Waals surface area contributed by atoms with Crippen LogP contribution in [0, 0.1) is 23.7 Å². The molecule has 0 saturated heterocycles. The van der Waals surface area contributed by atoms with E-state index < -0.39 is 8.32 Å². The van der Waals surface area contributed by atoms with Gasteiger partial charge < -0.3 is 19.7 Å². The normalized spacial score (nSPS) is 24.6. The fourth-order valence-electron chi connectivity index (χ4n) is 5.57. The molecule has 4 nitrogen and oxygen atoms in total. The minimum absolute atomic E-state index is 0.00696. The highest BCUT2D eigenvalue weighted by molar-refractivity contribution is 6.99. The van der Waals surface area contributed by atoms with Gasteiger partial charge in [-0.25, -0.2) is 0 Å². The van der Waals surface area contributed by atoms with E-state index in [0.717, 1.165) is 6.42 Å². The molecule has 1 fully saturated rings. The third-order valence-electron chi connectivity index (χ3n) is 7.35. The van der Waals surface area contributed by atoms with Crippen molar-refractivity contribution in [1.82, 2.24) is 0 Å². The van der Waals surface area contributed by atoms with Crippen molar-refractivity contribution in [2.75, 3.05) is 19.8 Å². The Kier molecular flexibility index (Phi) is 7.76. The topological polar surface area (TPSA) is 69.9 Å². The zero-order chi connectivity index (χ0) is 22.6. The summed E-state index contributed by atoms with van der Waals surface area (Å²) in [6.45, 7) is 8.85. The van der Waals surface area contributed by atoms with Crippen molar-refractivity contribution < 1.29 is 19.7 Å². The average molecular weight is 443 g/mol. The SMILES string of the molecule is C[C@H]1[C@H](CO)[C@H](C(CO)CO)C[C@H]1O[Si](c1ccccc1)(c1ccccc1)C(C)(C)C. The van der Waals surface area contributed by atoms with E-state index in [1.807, 2.05) is 12.1 Å². The lowest BCUT2D eigenvalue weighted by Gasteiger charge is -2.45. The molecule has 0 aliphatic heterocycles. The molecule has 1 aliphatic carbocycles. The minimum Gasteiger partial charge on any atom is -0.404 e. The Hall–Kier alpha value is -1.50. The van der Waals surface area contributed by atoms with Crippen molar-refractivity contribution in [3.8, 4) is 0 Å². The molecule has 5 heteroatoms. The van der Waals surface area contributed by atoms with Gasteiger partial charge in [-0.1, -0.05) is 88.4 Å². The van der Waals surface area contributed by atoms with Crippen LogP contribution in [0.2, 0.25) is 5.04 Å². The van der Waals surface area contributed by atoms with E-state index in [2.05, 4.69) is 76.2 Å². The molecule has 0 heterocycles. The Labute approximate surface area is 188 Å². The maximum atomic E-state index is 10.1. The van der Waals surface area contributed by atoms with Gasteiger partial charge in [-0.3, -0.25) is 0 Å². The van der Waals surface area contributed by atoms with Crippen LogP contribution in [0.3, 0.4) is 0 Å². The van der Waals surface area contributed by atoms with E-state index in [-0.39, 0.29) is 54.6 Å². The Morgan fingerprint density at radius 1 is 0.903 bits per heavy atom. The second-order valence-electron chi connectivity index (χ2n) is 10.0. The van der Waals surface area contributed by atoms with Gasteiger partial charge in [0, 0.05) is 31.8 Å². The summed E-state index contributed by atoms with van der Waals surface area (Å²) in [6, 6.07) is 21.2. The largest absolute Gasteiger partial charge is 0.404 e. The van der Waals surface area contributed by atoms with E-state index in [0.29, 0.717) is 0 Å². The van der Waals surface area contributed by atoms with E-state index in [1.165, 1.54) is 10.4 Å². The quantitative estimate of drug-likeness (QED) is 0.550. The van der Waals surface area contributed by atoms with E-state index in [9.17, 15) is 15.3 Å². The van der Waals surface area contributed by atoms with Crippen LogP contribution in [0.25, 0.3) is 0 Å². The van der Waals surface area contributed by atoms with Crippen molar-refractivity contribution in [3.63, 3.8) is 0 Å². The Balaban J connectivity index is 2.09. The van der Waals surface area contributed by atoms with Crippen molar-refractivity contribution in [2.45, 2.75) is 45.3 Å². The predicted octanol–water partition coefficient (Wildman–Crippen LogP) is 2.80. The summed E-state index contributed by atoms with van der Waals surface area (Å²) < 4.78 is 7.31. The first kappa shape index (κ1) is 24.1. The van der Waals surface area contributed by atoms with Crippen LogP contribution in [-0.2, 0) is 4.43 Å². The summed E-state index contributed by atoms with van der Waals surface area (Å²) >= 11 is 0. The van der Waals surface area contributed by atoms with Crippen LogP contribution in [0.5, 0.6) is 0 Å². The molecule has 0 aromatic heterocycles. The van der Waals surface area contributed by atoms with Gasteiger partial charge in [0.1, 0.15) is 0 Å². The van der Waals surface area contributed by atoms with E-state index in [4.69, 9.17) is 4.43 Å². The van der Waals surface area contributed by atoms with Crippen LogP contribution in [0.15, 0.2) is 60.7 Å². The second-order valence-corrected chi connectivity index (χ2v) is 14.3.